The average Bonchev–Trinajstić information content (AvgIpc) is 3.26. The van der Waals surface area contributed by atoms with E-state index < -0.39 is 23.6 Å². The number of ether oxygens (including phenoxy) is 1. The second-order valence-electron chi connectivity index (χ2n) is 7.05. The summed E-state index contributed by atoms with van der Waals surface area (Å²) in [6.45, 7) is 7.06. The Hall–Kier alpha value is -3.01. The van der Waals surface area contributed by atoms with Crippen LogP contribution >= 0.6 is 11.3 Å². The third kappa shape index (κ3) is 4.63. The maximum Gasteiger partial charge on any atom is 0.408 e. The molecule has 10 heteroatoms. The molecule has 0 aliphatic heterocycles. The molecule has 0 aliphatic carbocycles. The Morgan fingerprint density at radius 2 is 2.11 bits per heavy atom. The Kier molecular flexibility index (Phi) is 5.59. The molecule has 3 rings (SSSR count). The number of hydrogen-bond acceptors (Lipinski definition) is 7. The quantitative estimate of drug-likeness (QED) is 0.678. The summed E-state index contributed by atoms with van der Waals surface area (Å²) in [5.41, 5.74) is 0.179. The number of anilines is 1. The molecule has 0 aromatic carbocycles. The number of carbonyl (C=O) groups is 2. The minimum absolute atomic E-state index is 0.117. The van der Waals surface area contributed by atoms with Crippen molar-refractivity contribution in [2.75, 3.05) is 5.32 Å². The Balaban J connectivity index is 1.75. The lowest BCUT2D eigenvalue weighted by Crippen LogP contribution is -2.45. The van der Waals surface area contributed by atoms with Crippen molar-refractivity contribution in [2.24, 2.45) is 0 Å². The van der Waals surface area contributed by atoms with Gasteiger partial charge in [0.2, 0.25) is 5.91 Å². The molecule has 1 atom stereocenters. The molecule has 3 aromatic rings. The molecule has 0 saturated carbocycles. The van der Waals surface area contributed by atoms with E-state index in [4.69, 9.17) is 4.74 Å². The van der Waals surface area contributed by atoms with E-state index in [1.165, 1.54) is 0 Å². The summed E-state index contributed by atoms with van der Waals surface area (Å²) in [6.07, 6.45) is 1.37. The maximum atomic E-state index is 12.5. The molecule has 3 heterocycles. The lowest BCUT2D eigenvalue weighted by molar-refractivity contribution is -0.118. The van der Waals surface area contributed by atoms with Crippen molar-refractivity contribution in [1.29, 1.82) is 0 Å². The molecule has 2 N–H and O–H groups in total. The van der Waals surface area contributed by atoms with Crippen LogP contribution in [0.3, 0.4) is 0 Å². The van der Waals surface area contributed by atoms with E-state index >= 15 is 0 Å². The zero-order valence-electron chi connectivity index (χ0n) is 16.1. The van der Waals surface area contributed by atoms with Crippen LogP contribution in [0.4, 0.5) is 10.7 Å². The second kappa shape index (κ2) is 7.93. The van der Waals surface area contributed by atoms with Gasteiger partial charge in [0, 0.05) is 6.20 Å². The first kappa shape index (κ1) is 19.7. The first-order valence-electron chi connectivity index (χ1n) is 8.83. The molecule has 3 aromatic heterocycles. The van der Waals surface area contributed by atoms with Crippen molar-refractivity contribution >= 4 is 35.1 Å². The van der Waals surface area contributed by atoms with Gasteiger partial charge in [-0.05, 0) is 44.7 Å². The van der Waals surface area contributed by atoms with E-state index in [0.29, 0.717) is 12.2 Å². The first-order chi connectivity index (χ1) is 13.3. The SMILES string of the molecule is CC[C@H](NC(=O)OC(C)(C)C)C(=O)Nc1nc2nccc(-c3cccs3)n2n1. The molecule has 0 aliphatic rings. The van der Waals surface area contributed by atoms with E-state index in [9.17, 15) is 9.59 Å². The van der Waals surface area contributed by atoms with E-state index in [-0.39, 0.29) is 5.95 Å². The molecule has 28 heavy (non-hydrogen) atoms. The summed E-state index contributed by atoms with van der Waals surface area (Å²) in [7, 11) is 0. The zero-order chi connectivity index (χ0) is 20.3. The fourth-order valence-corrected chi connectivity index (χ4v) is 3.19. The van der Waals surface area contributed by atoms with Crippen molar-refractivity contribution in [3.8, 4) is 10.6 Å². The molecule has 2 amide bonds. The van der Waals surface area contributed by atoms with Gasteiger partial charge in [0.25, 0.3) is 11.7 Å². The van der Waals surface area contributed by atoms with Crippen LogP contribution in [0.2, 0.25) is 0 Å². The van der Waals surface area contributed by atoms with Crippen molar-refractivity contribution < 1.29 is 14.3 Å². The molecular formula is C18H22N6O3S. The average molecular weight is 402 g/mol. The summed E-state index contributed by atoms with van der Waals surface area (Å²) in [5.74, 6) is 0.0576. The van der Waals surface area contributed by atoms with Crippen LogP contribution in [0, 0.1) is 0 Å². The van der Waals surface area contributed by atoms with Gasteiger partial charge in [-0.1, -0.05) is 13.0 Å². The topological polar surface area (TPSA) is 111 Å². The molecule has 0 unspecified atom stereocenters. The summed E-state index contributed by atoms with van der Waals surface area (Å²) in [5, 5.41) is 11.5. The summed E-state index contributed by atoms with van der Waals surface area (Å²) in [4.78, 5) is 33.9. The zero-order valence-corrected chi connectivity index (χ0v) is 16.9. The monoisotopic (exact) mass is 402 g/mol. The first-order valence-corrected chi connectivity index (χ1v) is 9.71. The van der Waals surface area contributed by atoms with Gasteiger partial charge in [0.15, 0.2) is 0 Å². The van der Waals surface area contributed by atoms with Crippen molar-refractivity contribution in [1.82, 2.24) is 24.9 Å². The Labute approximate surface area is 166 Å². The predicted molar refractivity (Wildman–Crippen MR) is 106 cm³/mol. The van der Waals surface area contributed by atoms with Crippen LogP contribution in [0.1, 0.15) is 34.1 Å². The van der Waals surface area contributed by atoms with E-state index in [0.717, 1.165) is 10.6 Å². The largest absolute Gasteiger partial charge is 0.444 e. The van der Waals surface area contributed by atoms with E-state index in [1.807, 2.05) is 23.6 Å². The Morgan fingerprint density at radius 3 is 2.75 bits per heavy atom. The van der Waals surface area contributed by atoms with Gasteiger partial charge < -0.3 is 10.1 Å². The Bertz CT molecular complexity index is 977. The number of nitrogens with zero attached hydrogens (tertiary/aromatic N) is 4. The van der Waals surface area contributed by atoms with Crippen LogP contribution in [-0.4, -0.2) is 43.2 Å². The number of thiophene rings is 1. The van der Waals surface area contributed by atoms with Gasteiger partial charge in [-0.2, -0.15) is 9.50 Å². The van der Waals surface area contributed by atoms with Gasteiger partial charge in [0.05, 0.1) is 10.6 Å². The van der Waals surface area contributed by atoms with Crippen molar-refractivity contribution in [3.05, 3.63) is 29.8 Å². The second-order valence-corrected chi connectivity index (χ2v) is 8.00. The highest BCUT2D eigenvalue weighted by atomic mass is 32.1. The summed E-state index contributed by atoms with van der Waals surface area (Å²) in [6, 6.07) is 4.97. The maximum absolute atomic E-state index is 12.5. The standard InChI is InChI=1S/C18H22N6O3S/c1-5-11(20-17(26)27-18(2,3)4)14(25)21-15-22-16-19-9-8-12(24(16)23-15)13-7-6-10-28-13/h6-11H,5H2,1-4H3,(H,20,26)(H,21,23,25)/t11-/m0/s1. The third-order valence-electron chi connectivity index (χ3n) is 3.66. The number of nitrogens with one attached hydrogen (secondary N) is 2. The number of hydrogen-bond donors (Lipinski definition) is 2. The normalized spacial score (nSPS) is 12.6. The van der Waals surface area contributed by atoms with Gasteiger partial charge in [-0.3, -0.25) is 10.1 Å². The summed E-state index contributed by atoms with van der Waals surface area (Å²) >= 11 is 1.57. The fraction of sp³-hybridized carbons (Fsp3) is 0.389. The number of carbonyl (C=O) groups excluding carboxylic acids is 2. The van der Waals surface area contributed by atoms with Crippen LogP contribution in [0.5, 0.6) is 0 Å². The molecule has 0 saturated heterocycles. The fourth-order valence-electron chi connectivity index (χ4n) is 2.46. The van der Waals surface area contributed by atoms with Gasteiger partial charge >= 0.3 is 6.09 Å². The van der Waals surface area contributed by atoms with E-state index in [2.05, 4.69) is 25.7 Å². The van der Waals surface area contributed by atoms with E-state index in [1.54, 1.807) is 49.7 Å². The van der Waals surface area contributed by atoms with Gasteiger partial charge in [-0.15, -0.1) is 16.4 Å². The lowest BCUT2D eigenvalue weighted by atomic mass is 10.2. The number of amides is 2. The van der Waals surface area contributed by atoms with Crippen LogP contribution in [0.25, 0.3) is 16.3 Å². The molecule has 0 radical (unpaired) electrons. The molecule has 0 fully saturated rings. The number of fused-ring (bicyclic) bond motifs is 1. The number of alkyl carbamates (subject to hydrolysis) is 1. The summed E-state index contributed by atoms with van der Waals surface area (Å²) < 4.78 is 6.77. The minimum atomic E-state index is -0.772. The highest BCUT2D eigenvalue weighted by Crippen LogP contribution is 2.24. The lowest BCUT2D eigenvalue weighted by Gasteiger charge is -2.22. The predicted octanol–water partition coefficient (Wildman–Crippen LogP) is 3.09. The van der Waals surface area contributed by atoms with Crippen LogP contribution < -0.4 is 10.6 Å². The molecular weight excluding hydrogens is 380 g/mol. The molecule has 0 bridgehead atoms. The number of rotatable bonds is 5. The van der Waals surface area contributed by atoms with Crippen molar-refractivity contribution in [3.63, 3.8) is 0 Å². The highest BCUT2D eigenvalue weighted by Gasteiger charge is 2.24. The molecule has 148 valence electrons. The van der Waals surface area contributed by atoms with Crippen LogP contribution in [-0.2, 0) is 9.53 Å². The third-order valence-corrected chi connectivity index (χ3v) is 4.56. The van der Waals surface area contributed by atoms with Crippen molar-refractivity contribution in [2.45, 2.75) is 45.8 Å². The van der Waals surface area contributed by atoms with Crippen LogP contribution in [0.15, 0.2) is 29.8 Å². The number of aromatic nitrogens is 4. The molecule has 9 nitrogen and oxygen atoms in total. The minimum Gasteiger partial charge on any atom is -0.444 e. The Morgan fingerprint density at radius 1 is 1.32 bits per heavy atom. The van der Waals surface area contributed by atoms with Gasteiger partial charge in [-0.25, -0.2) is 9.78 Å². The smallest absolute Gasteiger partial charge is 0.408 e. The van der Waals surface area contributed by atoms with Gasteiger partial charge in [0.1, 0.15) is 11.6 Å². The molecule has 0 spiro atoms. The highest BCUT2D eigenvalue weighted by molar-refractivity contribution is 7.13.